The van der Waals surface area contributed by atoms with Gasteiger partial charge in [-0.25, -0.2) is 0 Å². The summed E-state index contributed by atoms with van der Waals surface area (Å²) in [6, 6.07) is 6.88. The van der Waals surface area contributed by atoms with Gasteiger partial charge in [0, 0.05) is 17.6 Å². The number of carbonyl (C=O) groups is 2. The molecule has 0 saturated carbocycles. The number of amides is 1. The van der Waals surface area contributed by atoms with Gasteiger partial charge < -0.3 is 9.26 Å². The third kappa shape index (κ3) is 2.50. The van der Waals surface area contributed by atoms with Gasteiger partial charge in [-0.05, 0) is 18.2 Å². The SMILES string of the molecule is COCc1cc(CN2C(=O)C(=O)c3cc(Br)ccc32)no1. The second-order valence-corrected chi connectivity index (χ2v) is 5.52. The molecule has 0 atom stereocenters. The molecule has 0 saturated heterocycles. The third-order valence-electron chi connectivity index (χ3n) is 3.15. The van der Waals surface area contributed by atoms with Gasteiger partial charge in [-0.2, -0.15) is 0 Å². The van der Waals surface area contributed by atoms with E-state index in [1.54, 1.807) is 31.4 Å². The first-order chi connectivity index (χ1) is 10.1. The Labute approximate surface area is 128 Å². The van der Waals surface area contributed by atoms with Crippen LogP contribution in [-0.2, 0) is 22.7 Å². The highest BCUT2D eigenvalue weighted by atomic mass is 79.9. The molecule has 1 aliphatic rings. The highest BCUT2D eigenvalue weighted by Gasteiger charge is 2.36. The van der Waals surface area contributed by atoms with Crippen molar-refractivity contribution in [1.29, 1.82) is 0 Å². The molecule has 1 aromatic heterocycles. The van der Waals surface area contributed by atoms with Gasteiger partial charge in [-0.3, -0.25) is 14.5 Å². The fourth-order valence-electron chi connectivity index (χ4n) is 2.23. The standard InChI is InChI=1S/C14H11BrN2O4/c1-20-7-10-5-9(16-21-10)6-17-12-3-2-8(15)4-11(12)13(18)14(17)19/h2-5H,6-7H2,1H3. The number of benzene rings is 1. The topological polar surface area (TPSA) is 72.6 Å². The molecule has 0 aliphatic carbocycles. The van der Waals surface area contributed by atoms with E-state index in [4.69, 9.17) is 9.26 Å². The summed E-state index contributed by atoms with van der Waals surface area (Å²) in [4.78, 5) is 25.5. The molecule has 21 heavy (non-hydrogen) atoms. The van der Waals surface area contributed by atoms with E-state index in [0.717, 1.165) is 4.47 Å². The van der Waals surface area contributed by atoms with E-state index in [9.17, 15) is 9.59 Å². The van der Waals surface area contributed by atoms with Gasteiger partial charge in [0.1, 0.15) is 12.3 Å². The quantitative estimate of drug-likeness (QED) is 0.791. The summed E-state index contributed by atoms with van der Waals surface area (Å²) in [7, 11) is 1.55. The van der Waals surface area contributed by atoms with Crippen LogP contribution < -0.4 is 4.90 Å². The fourth-order valence-corrected chi connectivity index (χ4v) is 2.59. The van der Waals surface area contributed by atoms with Crippen molar-refractivity contribution < 1.29 is 18.8 Å². The molecular weight excluding hydrogens is 340 g/mol. The Hall–Kier alpha value is -1.99. The third-order valence-corrected chi connectivity index (χ3v) is 3.64. The molecule has 108 valence electrons. The lowest BCUT2D eigenvalue weighted by Gasteiger charge is -2.14. The molecular formula is C14H11BrN2O4. The largest absolute Gasteiger partial charge is 0.377 e. The summed E-state index contributed by atoms with van der Waals surface area (Å²) in [5, 5.41) is 3.88. The Morgan fingerprint density at radius 2 is 2.14 bits per heavy atom. The van der Waals surface area contributed by atoms with E-state index in [2.05, 4.69) is 21.1 Å². The second-order valence-electron chi connectivity index (χ2n) is 4.60. The van der Waals surface area contributed by atoms with Crippen LogP contribution in [0.25, 0.3) is 0 Å². The van der Waals surface area contributed by atoms with Crippen molar-refractivity contribution in [2.24, 2.45) is 0 Å². The summed E-state index contributed by atoms with van der Waals surface area (Å²) in [6.07, 6.45) is 0. The lowest BCUT2D eigenvalue weighted by atomic mass is 10.1. The first kappa shape index (κ1) is 14.0. The van der Waals surface area contributed by atoms with Gasteiger partial charge in [-0.15, -0.1) is 0 Å². The zero-order valence-corrected chi connectivity index (χ0v) is 12.7. The van der Waals surface area contributed by atoms with Crippen LogP contribution in [0.5, 0.6) is 0 Å². The molecule has 1 aliphatic heterocycles. The predicted molar refractivity (Wildman–Crippen MR) is 76.9 cm³/mol. The molecule has 0 N–H and O–H groups in total. The second kappa shape index (κ2) is 5.42. The molecule has 2 aromatic rings. The molecule has 0 spiro atoms. The maximum Gasteiger partial charge on any atom is 0.299 e. The van der Waals surface area contributed by atoms with E-state index in [1.165, 1.54) is 4.90 Å². The Balaban J connectivity index is 1.89. The number of halogens is 1. The van der Waals surface area contributed by atoms with Gasteiger partial charge in [0.15, 0.2) is 5.76 Å². The molecule has 1 amide bonds. The Morgan fingerprint density at radius 1 is 1.33 bits per heavy atom. The molecule has 2 heterocycles. The van der Waals surface area contributed by atoms with Gasteiger partial charge >= 0.3 is 0 Å². The number of anilines is 1. The summed E-state index contributed by atoms with van der Waals surface area (Å²) < 4.78 is 10.8. The van der Waals surface area contributed by atoms with Crippen molar-refractivity contribution in [3.63, 3.8) is 0 Å². The summed E-state index contributed by atoms with van der Waals surface area (Å²) in [5.41, 5.74) is 1.55. The molecule has 3 rings (SSSR count). The molecule has 7 heteroatoms. The van der Waals surface area contributed by atoms with Crippen molar-refractivity contribution in [3.8, 4) is 0 Å². The molecule has 0 unspecified atom stereocenters. The number of nitrogens with zero attached hydrogens (tertiary/aromatic N) is 2. The van der Waals surface area contributed by atoms with Crippen LogP contribution in [0.4, 0.5) is 5.69 Å². The Morgan fingerprint density at radius 3 is 2.90 bits per heavy atom. The minimum absolute atomic E-state index is 0.187. The predicted octanol–water partition coefficient (Wildman–Crippen LogP) is 2.31. The highest BCUT2D eigenvalue weighted by molar-refractivity contribution is 9.10. The number of methoxy groups -OCH3 is 1. The minimum Gasteiger partial charge on any atom is -0.377 e. The van der Waals surface area contributed by atoms with Crippen LogP contribution in [0, 0.1) is 0 Å². The van der Waals surface area contributed by atoms with E-state index in [0.29, 0.717) is 29.3 Å². The van der Waals surface area contributed by atoms with E-state index >= 15 is 0 Å². The number of Topliss-reactive ketones (excluding diaryl/α,β-unsaturated/α-hetero) is 1. The number of fused-ring (bicyclic) bond motifs is 1. The Kier molecular flexibility index (Phi) is 3.60. The summed E-state index contributed by atoms with van der Waals surface area (Å²) >= 11 is 3.30. The Bertz CT molecular complexity index is 726. The van der Waals surface area contributed by atoms with E-state index in [-0.39, 0.29) is 6.54 Å². The van der Waals surface area contributed by atoms with Crippen LogP contribution in [0.15, 0.2) is 33.3 Å². The van der Waals surface area contributed by atoms with Crippen molar-refractivity contribution in [3.05, 3.63) is 45.8 Å². The molecule has 6 nitrogen and oxygen atoms in total. The number of ketones is 1. The number of carbonyl (C=O) groups excluding carboxylic acids is 2. The van der Waals surface area contributed by atoms with Crippen molar-refractivity contribution >= 4 is 33.3 Å². The highest BCUT2D eigenvalue weighted by Crippen LogP contribution is 2.32. The van der Waals surface area contributed by atoms with Crippen LogP contribution >= 0.6 is 15.9 Å². The van der Waals surface area contributed by atoms with Crippen LogP contribution in [0.3, 0.4) is 0 Å². The first-order valence-corrected chi connectivity index (χ1v) is 6.98. The average Bonchev–Trinajstić information content (AvgIpc) is 2.99. The first-order valence-electron chi connectivity index (χ1n) is 6.19. The zero-order chi connectivity index (χ0) is 15.0. The lowest BCUT2D eigenvalue weighted by Crippen LogP contribution is -2.29. The van der Waals surface area contributed by atoms with Crippen LogP contribution in [0.2, 0.25) is 0 Å². The fraction of sp³-hybridized carbons (Fsp3) is 0.214. The van der Waals surface area contributed by atoms with Gasteiger partial charge in [0.25, 0.3) is 11.7 Å². The van der Waals surface area contributed by atoms with Crippen LogP contribution in [0.1, 0.15) is 21.8 Å². The summed E-state index contributed by atoms with van der Waals surface area (Å²) in [6.45, 7) is 0.496. The lowest BCUT2D eigenvalue weighted by molar-refractivity contribution is -0.114. The monoisotopic (exact) mass is 350 g/mol. The van der Waals surface area contributed by atoms with Crippen molar-refractivity contribution in [1.82, 2.24) is 5.16 Å². The minimum atomic E-state index is -0.556. The molecule has 0 fully saturated rings. The van der Waals surface area contributed by atoms with E-state index in [1.807, 2.05) is 0 Å². The maximum atomic E-state index is 12.1. The number of rotatable bonds is 4. The van der Waals surface area contributed by atoms with E-state index < -0.39 is 11.7 Å². The normalized spacial score (nSPS) is 13.9. The van der Waals surface area contributed by atoms with Gasteiger partial charge in [0.05, 0.1) is 17.8 Å². The van der Waals surface area contributed by atoms with Crippen LogP contribution in [-0.4, -0.2) is 24.0 Å². The maximum absolute atomic E-state index is 12.1. The number of aromatic nitrogens is 1. The number of ether oxygens (including phenoxy) is 1. The average molecular weight is 351 g/mol. The molecule has 0 radical (unpaired) electrons. The van der Waals surface area contributed by atoms with Crippen molar-refractivity contribution in [2.75, 3.05) is 12.0 Å². The molecule has 0 bridgehead atoms. The summed E-state index contributed by atoms with van der Waals surface area (Å²) in [5.74, 6) is -0.493. The number of hydrogen-bond donors (Lipinski definition) is 0. The smallest absolute Gasteiger partial charge is 0.299 e. The van der Waals surface area contributed by atoms with Gasteiger partial charge in [-0.1, -0.05) is 21.1 Å². The zero-order valence-electron chi connectivity index (χ0n) is 11.1. The molecule has 1 aromatic carbocycles. The van der Waals surface area contributed by atoms with Gasteiger partial charge in [0.2, 0.25) is 0 Å². The van der Waals surface area contributed by atoms with Crippen molar-refractivity contribution in [2.45, 2.75) is 13.2 Å². The number of hydrogen-bond acceptors (Lipinski definition) is 5.